The summed E-state index contributed by atoms with van der Waals surface area (Å²) in [7, 11) is 1.89. The Bertz CT molecular complexity index is 922. The van der Waals surface area contributed by atoms with Gasteiger partial charge in [0.15, 0.2) is 0 Å². The zero-order chi connectivity index (χ0) is 18.1. The Morgan fingerprint density at radius 3 is 2.73 bits per heavy atom. The molecule has 9 nitrogen and oxygen atoms in total. The maximum atomic E-state index is 12.5. The summed E-state index contributed by atoms with van der Waals surface area (Å²) in [6.07, 6.45) is 6.55. The van der Waals surface area contributed by atoms with E-state index in [1.165, 1.54) is 6.33 Å². The van der Waals surface area contributed by atoms with Crippen LogP contribution in [0.1, 0.15) is 17.7 Å². The maximum absolute atomic E-state index is 12.5. The van der Waals surface area contributed by atoms with Crippen molar-refractivity contribution in [3.63, 3.8) is 0 Å². The first kappa shape index (κ1) is 16.5. The molecule has 136 valence electrons. The van der Waals surface area contributed by atoms with Crippen molar-refractivity contribution < 1.29 is 4.79 Å². The maximum Gasteiger partial charge on any atom is 0.254 e. The van der Waals surface area contributed by atoms with E-state index in [1.54, 1.807) is 9.20 Å². The highest BCUT2D eigenvalue weighted by Crippen LogP contribution is 2.18. The van der Waals surface area contributed by atoms with Gasteiger partial charge in [0.1, 0.15) is 12.1 Å². The molecule has 3 aromatic rings. The number of rotatable bonds is 4. The molecular formula is C17H22N8O. The minimum absolute atomic E-state index is 0.199. The van der Waals surface area contributed by atoms with Crippen molar-refractivity contribution >= 4 is 17.5 Å². The topological polar surface area (TPSA) is 84.5 Å². The van der Waals surface area contributed by atoms with E-state index in [-0.39, 0.29) is 5.91 Å². The van der Waals surface area contributed by atoms with Crippen LogP contribution < -0.4 is 4.90 Å². The van der Waals surface area contributed by atoms with Crippen LogP contribution in [0.25, 0.3) is 5.78 Å². The molecule has 0 aliphatic carbocycles. The predicted molar refractivity (Wildman–Crippen MR) is 95.8 cm³/mol. The van der Waals surface area contributed by atoms with Crippen molar-refractivity contribution in [3.05, 3.63) is 36.0 Å². The quantitative estimate of drug-likeness (QED) is 0.676. The third-order valence-electron chi connectivity index (χ3n) is 4.70. The highest BCUT2D eigenvalue weighted by Gasteiger charge is 2.23. The summed E-state index contributed by atoms with van der Waals surface area (Å²) in [5.41, 5.74) is 2.01. The molecule has 0 spiro atoms. The standard InChI is InChI=1S/C17H22N8O/c1-13-9-15(25-17(21-13)18-12-20-25)23-5-7-24(8-6-23)16(26)4-3-14-10-19-22(2)11-14/h9-12H,3-8H2,1-2H3. The van der Waals surface area contributed by atoms with Crippen molar-refractivity contribution in [2.24, 2.45) is 7.05 Å². The van der Waals surface area contributed by atoms with E-state index in [4.69, 9.17) is 0 Å². The van der Waals surface area contributed by atoms with Crippen LogP contribution in [0.2, 0.25) is 0 Å². The second-order valence-electron chi connectivity index (χ2n) is 6.62. The third kappa shape index (κ3) is 3.24. The molecule has 1 fully saturated rings. The van der Waals surface area contributed by atoms with Crippen molar-refractivity contribution in [3.8, 4) is 0 Å². The third-order valence-corrected chi connectivity index (χ3v) is 4.70. The average Bonchev–Trinajstić information content (AvgIpc) is 3.27. The molecule has 3 aromatic heterocycles. The first-order valence-corrected chi connectivity index (χ1v) is 8.78. The first-order chi connectivity index (χ1) is 12.6. The van der Waals surface area contributed by atoms with Gasteiger partial charge in [0.05, 0.1) is 6.20 Å². The first-order valence-electron chi connectivity index (χ1n) is 8.78. The van der Waals surface area contributed by atoms with Crippen LogP contribution in [0.4, 0.5) is 5.82 Å². The highest BCUT2D eigenvalue weighted by atomic mass is 16.2. The zero-order valence-electron chi connectivity index (χ0n) is 15.0. The largest absolute Gasteiger partial charge is 0.353 e. The molecule has 4 rings (SSSR count). The van der Waals surface area contributed by atoms with E-state index in [1.807, 2.05) is 37.3 Å². The molecule has 0 unspecified atom stereocenters. The number of amides is 1. The van der Waals surface area contributed by atoms with Crippen LogP contribution >= 0.6 is 0 Å². The molecule has 26 heavy (non-hydrogen) atoms. The van der Waals surface area contributed by atoms with Gasteiger partial charge in [-0.05, 0) is 18.9 Å². The molecule has 0 bridgehead atoms. The number of hydrogen-bond acceptors (Lipinski definition) is 6. The Balaban J connectivity index is 1.37. The van der Waals surface area contributed by atoms with E-state index >= 15 is 0 Å². The van der Waals surface area contributed by atoms with Gasteiger partial charge in [0, 0.05) is 57.6 Å². The number of aromatic nitrogens is 6. The Labute approximate surface area is 151 Å². The Morgan fingerprint density at radius 1 is 1.19 bits per heavy atom. The number of aryl methyl sites for hydroxylation is 3. The lowest BCUT2D eigenvalue weighted by molar-refractivity contribution is -0.131. The predicted octanol–water partition coefficient (Wildman–Crippen LogP) is 0.448. The molecule has 0 N–H and O–H groups in total. The molecule has 0 saturated carbocycles. The number of carbonyl (C=O) groups excluding carboxylic acids is 1. The summed E-state index contributed by atoms with van der Waals surface area (Å²) in [6.45, 7) is 4.93. The molecule has 1 aliphatic heterocycles. The molecule has 9 heteroatoms. The smallest absolute Gasteiger partial charge is 0.254 e. The molecule has 1 amide bonds. The fourth-order valence-electron chi connectivity index (χ4n) is 3.33. The van der Waals surface area contributed by atoms with Gasteiger partial charge in [-0.3, -0.25) is 9.48 Å². The summed E-state index contributed by atoms with van der Waals surface area (Å²) < 4.78 is 3.52. The summed E-state index contributed by atoms with van der Waals surface area (Å²) >= 11 is 0. The monoisotopic (exact) mass is 354 g/mol. The van der Waals surface area contributed by atoms with E-state index in [0.717, 1.165) is 36.6 Å². The van der Waals surface area contributed by atoms with Crippen LogP contribution in [0.3, 0.4) is 0 Å². The van der Waals surface area contributed by atoms with E-state index in [0.29, 0.717) is 25.3 Å². The number of piperazine rings is 1. The van der Waals surface area contributed by atoms with E-state index in [2.05, 4.69) is 25.1 Å². The molecule has 0 radical (unpaired) electrons. The summed E-state index contributed by atoms with van der Waals surface area (Å²) in [5, 5.41) is 8.41. The minimum atomic E-state index is 0.199. The van der Waals surface area contributed by atoms with Gasteiger partial charge in [-0.1, -0.05) is 0 Å². The van der Waals surface area contributed by atoms with Crippen LogP contribution in [-0.4, -0.2) is 66.3 Å². The number of fused-ring (bicyclic) bond motifs is 1. The molecule has 0 aromatic carbocycles. The van der Waals surface area contributed by atoms with Crippen LogP contribution in [0.5, 0.6) is 0 Å². The second-order valence-corrected chi connectivity index (χ2v) is 6.62. The van der Waals surface area contributed by atoms with Crippen molar-refractivity contribution in [2.45, 2.75) is 19.8 Å². The average molecular weight is 354 g/mol. The normalized spacial score (nSPS) is 15.0. The highest BCUT2D eigenvalue weighted by molar-refractivity contribution is 5.76. The summed E-state index contributed by atoms with van der Waals surface area (Å²) in [6, 6.07) is 2.02. The van der Waals surface area contributed by atoms with Gasteiger partial charge in [-0.2, -0.15) is 19.7 Å². The number of carbonyl (C=O) groups is 1. The lowest BCUT2D eigenvalue weighted by atomic mass is 10.1. The lowest BCUT2D eigenvalue weighted by Gasteiger charge is -2.36. The van der Waals surface area contributed by atoms with Crippen molar-refractivity contribution in [1.82, 2.24) is 34.3 Å². The number of nitrogens with zero attached hydrogens (tertiary/aromatic N) is 8. The van der Waals surface area contributed by atoms with Crippen LogP contribution in [0, 0.1) is 6.92 Å². The lowest BCUT2D eigenvalue weighted by Crippen LogP contribution is -2.49. The van der Waals surface area contributed by atoms with E-state index < -0.39 is 0 Å². The Kier molecular flexibility index (Phi) is 4.27. The van der Waals surface area contributed by atoms with Crippen molar-refractivity contribution in [1.29, 1.82) is 0 Å². The molecule has 4 heterocycles. The fourth-order valence-corrected chi connectivity index (χ4v) is 3.33. The van der Waals surface area contributed by atoms with Gasteiger partial charge in [0.2, 0.25) is 5.91 Å². The van der Waals surface area contributed by atoms with Crippen LogP contribution in [0.15, 0.2) is 24.8 Å². The van der Waals surface area contributed by atoms with Gasteiger partial charge in [0.25, 0.3) is 5.78 Å². The number of hydrogen-bond donors (Lipinski definition) is 0. The van der Waals surface area contributed by atoms with Gasteiger partial charge < -0.3 is 9.80 Å². The zero-order valence-corrected chi connectivity index (χ0v) is 15.0. The fraction of sp³-hybridized carbons (Fsp3) is 0.471. The summed E-state index contributed by atoms with van der Waals surface area (Å²) in [4.78, 5) is 25.2. The van der Waals surface area contributed by atoms with Crippen LogP contribution in [-0.2, 0) is 18.3 Å². The van der Waals surface area contributed by atoms with E-state index in [9.17, 15) is 4.79 Å². The Morgan fingerprint density at radius 2 is 2.00 bits per heavy atom. The van der Waals surface area contributed by atoms with Gasteiger partial charge >= 0.3 is 0 Å². The Hall–Kier alpha value is -2.97. The SMILES string of the molecule is Cc1cc(N2CCN(C(=O)CCc3cnn(C)c3)CC2)n2ncnc2n1. The summed E-state index contributed by atoms with van der Waals surface area (Å²) in [5.74, 6) is 1.78. The van der Waals surface area contributed by atoms with Gasteiger partial charge in [-0.15, -0.1) is 0 Å². The minimum Gasteiger partial charge on any atom is -0.353 e. The molecule has 0 atom stereocenters. The molecule has 1 aliphatic rings. The molecular weight excluding hydrogens is 332 g/mol. The molecule has 1 saturated heterocycles. The second kappa shape index (κ2) is 6.74. The van der Waals surface area contributed by atoms with Gasteiger partial charge in [-0.25, -0.2) is 4.98 Å². The van der Waals surface area contributed by atoms with Crippen molar-refractivity contribution in [2.75, 3.05) is 31.1 Å². The number of anilines is 1.